The fourth-order valence-corrected chi connectivity index (χ4v) is 2.82. The van der Waals surface area contributed by atoms with Crippen LogP contribution in [-0.4, -0.2) is 33.3 Å². The number of hydrogen-bond donors (Lipinski definition) is 3. The molecule has 2 aromatic carbocycles. The molecule has 0 aliphatic heterocycles. The number of amides is 2. The van der Waals surface area contributed by atoms with Crippen molar-refractivity contribution in [1.82, 2.24) is 15.6 Å². The second kappa shape index (κ2) is 8.68. The number of aromatic nitrogens is 2. The molecule has 3 rings (SSSR count). The second-order valence-corrected chi connectivity index (χ2v) is 6.41. The highest BCUT2D eigenvalue weighted by molar-refractivity contribution is 7.15. The van der Waals surface area contributed by atoms with Gasteiger partial charge in [0.05, 0.1) is 12.6 Å². The molecule has 0 spiro atoms. The molecule has 9 heteroatoms. The zero-order chi connectivity index (χ0) is 19.1. The van der Waals surface area contributed by atoms with Crippen LogP contribution in [0.25, 0.3) is 0 Å². The molecule has 0 bridgehead atoms. The molecule has 3 aromatic rings. The largest absolute Gasteiger partial charge is 0.507 e. The summed E-state index contributed by atoms with van der Waals surface area (Å²) in [6.45, 7) is 0. The Bertz CT molecular complexity index is 972. The Morgan fingerprint density at radius 2 is 1.81 bits per heavy atom. The highest BCUT2D eigenvalue weighted by Crippen LogP contribution is 2.17. The number of hydrazone groups is 1. The van der Waals surface area contributed by atoms with Gasteiger partial charge in [-0.2, -0.15) is 5.10 Å². The van der Waals surface area contributed by atoms with Crippen LogP contribution in [0.1, 0.15) is 20.9 Å². The molecule has 0 atom stereocenters. The third kappa shape index (κ3) is 5.19. The molecule has 0 saturated heterocycles. The number of phenolic OH excluding ortho intramolecular Hbond substituents is 1. The van der Waals surface area contributed by atoms with Gasteiger partial charge in [0.2, 0.25) is 11.0 Å². The van der Waals surface area contributed by atoms with E-state index < -0.39 is 5.91 Å². The predicted molar refractivity (Wildman–Crippen MR) is 102 cm³/mol. The molecule has 27 heavy (non-hydrogen) atoms. The van der Waals surface area contributed by atoms with Gasteiger partial charge >= 0.3 is 0 Å². The van der Waals surface area contributed by atoms with Crippen molar-refractivity contribution in [2.75, 3.05) is 5.32 Å². The predicted octanol–water partition coefficient (Wildman–Crippen LogP) is 2.19. The van der Waals surface area contributed by atoms with Crippen LogP contribution in [0.2, 0.25) is 0 Å². The molecule has 1 aromatic heterocycles. The molecule has 3 N–H and O–H groups in total. The zero-order valence-electron chi connectivity index (χ0n) is 14.0. The van der Waals surface area contributed by atoms with Crippen molar-refractivity contribution in [1.29, 1.82) is 0 Å². The van der Waals surface area contributed by atoms with E-state index in [1.807, 2.05) is 6.07 Å². The minimum absolute atomic E-state index is 0.0308. The van der Waals surface area contributed by atoms with E-state index in [1.165, 1.54) is 12.3 Å². The van der Waals surface area contributed by atoms with Crippen LogP contribution >= 0.6 is 11.3 Å². The zero-order valence-corrected chi connectivity index (χ0v) is 14.8. The molecular weight excluding hydrogens is 366 g/mol. The molecule has 2 amide bonds. The van der Waals surface area contributed by atoms with Gasteiger partial charge in [0.1, 0.15) is 10.8 Å². The Hall–Kier alpha value is -3.59. The summed E-state index contributed by atoms with van der Waals surface area (Å²) < 4.78 is 0. The van der Waals surface area contributed by atoms with Gasteiger partial charge in [0.25, 0.3) is 5.91 Å². The number of rotatable bonds is 6. The summed E-state index contributed by atoms with van der Waals surface area (Å²) in [5, 5.41) is 24.5. The van der Waals surface area contributed by atoms with Crippen LogP contribution in [-0.2, 0) is 11.2 Å². The molecule has 0 fully saturated rings. The van der Waals surface area contributed by atoms with Crippen molar-refractivity contribution in [2.24, 2.45) is 5.10 Å². The molecule has 8 nitrogen and oxygen atoms in total. The van der Waals surface area contributed by atoms with Crippen molar-refractivity contribution in [3.8, 4) is 5.75 Å². The van der Waals surface area contributed by atoms with Crippen LogP contribution in [0, 0.1) is 0 Å². The fraction of sp³-hybridized carbons (Fsp3) is 0.0556. The molecule has 1 heterocycles. The Kier molecular flexibility index (Phi) is 5.85. The first-order chi connectivity index (χ1) is 13.1. The lowest BCUT2D eigenvalue weighted by molar-refractivity contribution is -0.120. The van der Waals surface area contributed by atoms with E-state index in [-0.39, 0.29) is 18.1 Å². The standard InChI is InChI=1S/C18H15N5O3S/c24-14-9-5-4-8-13(14)11-19-21-15(25)10-16-22-23-18(27-16)20-17(26)12-6-2-1-3-7-12/h1-9,11,24H,10H2,(H,21,25)(H,20,23,26). The summed E-state index contributed by atoms with van der Waals surface area (Å²) in [5.41, 5.74) is 3.34. The van der Waals surface area contributed by atoms with Crippen LogP contribution in [0.3, 0.4) is 0 Å². The van der Waals surface area contributed by atoms with Gasteiger partial charge in [-0.1, -0.05) is 41.7 Å². The third-order valence-corrected chi connectivity index (χ3v) is 4.20. The van der Waals surface area contributed by atoms with E-state index in [2.05, 4.69) is 26.0 Å². The Labute approximate surface area is 158 Å². The van der Waals surface area contributed by atoms with Crippen molar-refractivity contribution >= 4 is 34.5 Å². The maximum atomic E-state index is 12.1. The average Bonchev–Trinajstić information content (AvgIpc) is 3.10. The van der Waals surface area contributed by atoms with Crippen molar-refractivity contribution < 1.29 is 14.7 Å². The summed E-state index contributed by atoms with van der Waals surface area (Å²) in [5.74, 6) is -0.618. The Morgan fingerprint density at radius 1 is 1.07 bits per heavy atom. The number of para-hydroxylation sites is 1. The number of anilines is 1. The number of phenols is 1. The first-order valence-corrected chi connectivity index (χ1v) is 8.72. The van der Waals surface area contributed by atoms with E-state index >= 15 is 0 Å². The van der Waals surface area contributed by atoms with Crippen LogP contribution in [0.5, 0.6) is 5.75 Å². The van der Waals surface area contributed by atoms with Crippen molar-refractivity contribution in [3.05, 3.63) is 70.7 Å². The maximum absolute atomic E-state index is 12.1. The van der Waals surface area contributed by atoms with Gasteiger partial charge in [-0.05, 0) is 24.3 Å². The first kappa shape index (κ1) is 18.2. The summed E-state index contributed by atoms with van der Waals surface area (Å²) in [6.07, 6.45) is 1.32. The molecule has 0 aliphatic rings. The molecule has 136 valence electrons. The smallest absolute Gasteiger partial charge is 0.257 e. The minimum Gasteiger partial charge on any atom is -0.507 e. The summed E-state index contributed by atoms with van der Waals surface area (Å²) in [6, 6.07) is 15.3. The SMILES string of the molecule is O=C(Cc1nnc(NC(=O)c2ccccc2)s1)NN=Cc1ccccc1O. The summed E-state index contributed by atoms with van der Waals surface area (Å²) >= 11 is 1.11. The Morgan fingerprint density at radius 3 is 2.59 bits per heavy atom. The molecule has 0 radical (unpaired) electrons. The lowest BCUT2D eigenvalue weighted by atomic mass is 10.2. The lowest BCUT2D eigenvalue weighted by Gasteiger charge is -2.00. The third-order valence-electron chi connectivity index (χ3n) is 3.36. The van der Waals surface area contributed by atoms with Gasteiger partial charge in [-0.3, -0.25) is 14.9 Å². The van der Waals surface area contributed by atoms with E-state index in [4.69, 9.17) is 0 Å². The van der Waals surface area contributed by atoms with E-state index in [9.17, 15) is 14.7 Å². The fourth-order valence-electron chi connectivity index (χ4n) is 2.08. The summed E-state index contributed by atoms with van der Waals surface area (Å²) in [4.78, 5) is 24.0. The second-order valence-electron chi connectivity index (χ2n) is 5.35. The number of nitrogens with one attached hydrogen (secondary N) is 2. The number of benzene rings is 2. The molecular formula is C18H15N5O3S. The van der Waals surface area contributed by atoms with Gasteiger partial charge in [-0.25, -0.2) is 5.43 Å². The topological polar surface area (TPSA) is 117 Å². The quantitative estimate of drug-likeness (QED) is 0.447. The average molecular weight is 381 g/mol. The number of nitrogens with zero attached hydrogens (tertiary/aromatic N) is 3. The highest BCUT2D eigenvalue weighted by atomic mass is 32.1. The number of aromatic hydroxyl groups is 1. The number of carbonyl (C=O) groups is 2. The van der Waals surface area contributed by atoms with Crippen molar-refractivity contribution in [2.45, 2.75) is 6.42 Å². The molecule has 0 unspecified atom stereocenters. The van der Waals surface area contributed by atoms with Gasteiger partial charge < -0.3 is 5.11 Å². The maximum Gasteiger partial charge on any atom is 0.257 e. The van der Waals surface area contributed by atoms with Gasteiger partial charge in [-0.15, -0.1) is 10.2 Å². The van der Waals surface area contributed by atoms with Crippen LogP contribution in [0.4, 0.5) is 5.13 Å². The first-order valence-electron chi connectivity index (χ1n) is 7.90. The van der Waals surface area contributed by atoms with Crippen LogP contribution < -0.4 is 10.7 Å². The number of hydrogen-bond acceptors (Lipinski definition) is 7. The Balaban J connectivity index is 1.52. The lowest BCUT2D eigenvalue weighted by Crippen LogP contribution is -2.19. The van der Waals surface area contributed by atoms with E-state index in [1.54, 1.807) is 42.5 Å². The van der Waals surface area contributed by atoms with Crippen molar-refractivity contribution in [3.63, 3.8) is 0 Å². The molecule has 0 aliphatic carbocycles. The van der Waals surface area contributed by atoms with E-state index in [0.29, 0.717) is 21.3 Å². The normalized spacial score (nSPS) is 10.7. The minimum atomic E-state index is -0.390. The summed E-state index contributed by atoms with van der Waals surface area (Å²) in [7, 11) is 0. The van der Waals surface area contributed by atoms with Gasteiger partial charge in [0.15, 0.2) is 0 Å². The monoisotopic (exact) mass is 381 g/mol. The van der Waals surface area contributed by atoms with Gasteiger partial charge in [0, 0.05) is 11.1 Å². The van der Waals surface area contributed by atoms with E-state index in [0.717, 1.165) is 11.3 Å². The van der Waals surface area contributed by atoms with Crippen LogP contribution in [0.15, 0.2) is 59.7 Å². The number of carbonyl (C=O) groups excluding carboxylic acids is 2. The molecule has 0 saturated carbocycles. The highest BCUT2D eigenvalue weighted by Gasteiger charge is 2.12.